The summed E-state index contributed by atoms with van der Waals surface area (Å²) in [5.74, 6) is -0.917. The average molecular weight is 605 g/mol. The molecule has 3 aromatic rings. The van der Waals surface area contributed by atoms with Crippen LogP contribution in [0.5, 0.6) is 0 Å². The Balaban J connectivity index is 2.13. The molecule has 0 heterocycles. The van der Waals surface area contributed by atoms with E-state index in [-0.39, 0.29) is 23.4 Å². The van der Waals surface area contributed by atoms with Gasteiger partial charge in [-0.1, -0.05) is 72.1 Å². The van der Waals surface area contributed by atoms with Gasteiger partial charge in [0.2, 0.25) is 11.8 Å². The largest absolute Gasteiger partial charge is 0.352 e. The maximum atomic E-state index is 14.2. The van der Waals surface area contributed by atoms with E-state index in [1.54, 1.807) is 62.4 Å². The molecule has 0 aliphatic rings. The van der Waals surface area contributed by atoms with Crippen molar-refractivity contribution in [1.82, 2.24) is 10.2 Å². The first kappa shape index (κ1) is 31.5. The Morgan fingerprint density at radius 2 is 1.55 bits per heavy atom. The van der Waals surface area contributed by atoms with Crippen LogP contribution in [0.4, 0.5) is 5.69 Å². The number of carbonyl (C=O) groups excluding carboxylic acids is 2. The molecule has 0 radical (unpaired) electrons. The van der Waals surface area contributed by atoms with Crippen molar-refractivity contribution in [2.75, 3.05) is 10.8 Å². The van der Waals surface area contributed by atoms with Crippen molar-refractivity contribution < 1.29 is 18.0 Å². The Labute approximate surface area is 247 Å². The molecule has 1 N–H and O–H groups in total. The van der Waals surface area contributed by atoms with Gasteiger partial charge in [0.15, 0.2) is 0 Å². The Morgan fingerprint density at radius 1 is 0.925 bits per heavy atom. The Hall–Kier alpha value is -3.07. The summed E-state index contributed by atoms with van der Waals surface area (Å²) < 4.78 is 29.0. The van der Waals surface area contributed by atoms with Crippen molar-refractivity contribution in [2.24, 2.45) is 0 Å². The molecule has 1 atom stereocenters. The van der Waals surface area contributed by atoms with Gasteiger partial charge >= 0.3 is 0 Å². The summed E-state index contributed by atoms with van der Waals surface area (Å²) in [7, 11) is -4.15. The number of benzene rings is 3. The fourth-order valence-corrected chi connectivity index (χ4v) is 6.49. The smallest absolute Gasteiger partial charge is 0.264 e. The highest BCUT2D eigenvalue weighted by Gasteiger charge is 2.34. The molecule has 0 spiro atoms. The molecule has 0 unspecified atom stereocenters. The van der Waals surface area contributed by atoms with Crippen molar-refractivity contribution in [3.05, 3.63) is 93.5 Å². The van der Waals surface area contributed by atoms with Crippen LogP contribution in [0.25, 0.3) is 0 Å². The summed E-state index contributed by atoms with van der Waals surface area (Å²) in [5, 5.41) is 3.55. The number of amides is 2. The fraction of sp³-hybridized carbons (Fsp3) is 0.333. The van der Waals surface area contributed by atoms with Gasteiger partial charge in [0.25, 0.3) is 10.0 Å². The van der Waals surface area contributed by atoms with Crippen LogP contribution in [0, 0.1) is 13.8 Å². The summed E-state index contributed by atoms with van der Waals surface area (Å²) in [4.78, 5) is 28.8. The summed E-state index contributed by atoms with van der Waals surface area (Å²) in [6, 6.07) is 17.3. The van der Waals surface area contributed by atoms with E-state index >= 15 is 0 Å². The molecule has 40 heavy (non-hydrogen) atoms. The molecule has 2 amide bonds. The summed E-state index contributed by atoms with van der Waals surface area (Å²) in [5.41, 5.74) is 2.49. The molecule has 10 heteroatoms. The lowest BCUT2D eigenvalue weighted by atomic mass is 10.1. The minimum absolute atomic E-state index is 0.0491. The zero-order valence-electron chi connectivity index (χ0n) is 23.3. The van der Waals surface area contributed by atoms with Gasteiger partial charge in [-0.15, -0.1) is 0 Å². The van der Waals surface area contributed by atoms with Gasteiger partial charge in [-0.25, -0.2) is 8.42 Å². The number of sulfonamides is 1. The van der Waals surface area contributed by atoms with Crippen LogP contribution < -0.4 is 9.62 Å². The first-order chi connectivity index (χ1) is 18.9. The first-order valence-electron chi connectivity index (χ1n) is 13.0. The average Bonchev–Trinajstić information content (AvgIpc) is 2.89. The molecule has 0 fully saturated rings. The van der Waals surface area contributed by atoms with Crippen molar-refractivity contribution in [2.45, 2.75) is 64.6 Å². The van der Waals surface area contributed by atoms with Crippen molar-refractivity contribution in [1.29, 1.82) is 0 Å². The Bertz CT molecular complexity index is 1440. The van der Waals surface area contributed by atoms with Gasteiger partial charge in [0, 0.05) is 28.2 Å². The second-order valence-corrected chi connectivity index (χ2v) is 12.6. The second-order valence-electron chi connectivity index (χ2n) is 9.92. The van der Waals surface area contributed by atoms with Crippen LogP contribution in [0.1, 0.15) is 43.9 Å². The SMILES string of the molecule is CC[C@H](C(=O)NC(C)C)N(Cc1c(Cl)cccc1Cl)C(=O)CN(c1ccc(C)cc1C)S(=O)(=O)c1ccccc1. The number of aryl methyl sites for hydroxylation is 2. The Morgan fingerprint density at radius 3 is 2.10 bits per heavy atom. The number of hydrogen-bond acceptors (Lipinski definition) is 4. The van der Waals surface area contributed by atoms with Crippen LogP contribution in [-0.2, 0) is 26.2 Å². The predicted molar refractivity (Wildman–Crippen MR) is 161 cm³/mol. The summed E-state index contributed by atoms with van der Waals surface area (Å²) >= 11 is 12.9. The molecular weight excluding hydrogens is 569 g/mol. The van der Waals surface area contributed by atoms with Crippen molar-refractivity contribution >= 4 is 50.7 Å². The molecule has 3 rings (SSSR count). The lowest BCUT2D eigenvalue weighted by molar-refractivity contribution is -0.140. The van der Waals surface area contributed by atoms with E-state index in [0.717, 1.165) is 9.87 Å². The minimum Gasteiger partial charge on any atom is -0.352 e. The number of rotatable bonds is 11. The van der Waals surface area contributed by atoms with E-state index in [1.165, 1.54) is 17.0 Å². The predicted octanol–water partition coefficient (Wildman–Crippen LogP) is 6.14. The molecule has 3 aromatic carbocycles. The molecule has 7 nitrogen and oxygen atoms in total. The number of carbonyl (C=O) groups is 2. The number of nitrogens with zero attached hydrogens (tertiary/aromatic N) is 2. The van der Waals surface area contributed by atoms with E-state index in [4.69, 9.17) is 23.2 Å². The quantitative estimate of drug-likeness (QED) is 0.285. The van der Waals surface area contributed by atoms with Crippen LogP contribution in [0.15, 0.2) is 71.6 Å². The minimum atomic E-state index is -4.15. The molecule has 0 bridgehead atoms. The maximum absolute atomic E-state index is 14.2. The van der Waals surface area contributed by atoms with E-state index in [0.29, 0.717) is 33.3 Å². The number of nitrogens with one attached hydrogen (secondary N) is 1. The normalized spacial score (nSPS) is 12.2. The third kappa shape index (κ3) is 7.36. The van der Waals surface area contributed by atoms with E-state index in [1.807, 2.05) is 26.8 Å². The topological polar surface area (TPSA) is 86.8 Å². The maximum Gasteiger partial charge on any atom is 0.264 e. The third-order valence-electron chi connectivity index (χ3n) is 6.44. The second kappa shape index (κ2) is 13.5. The van der Waals surface area contributed by atoms with E-state index in [9.17, 15) is 18.0 Å². The molecule has 214 valence electrons. The highest BCUT2D eigenvalue weighted by atomic mass is 35.5. The number of halogens is 2. The zero-order chi connectivity index (χ0) is 29.6. The van der Waals surface area contributed by atoms with Crippen molar-refractivity contribution in [3.8, 4) is 0 Å². The monoisotopic (exact) mass is 603 g/mol. The van der Waals surface area contributed by atoms with Gasteiger partial charge in [0.1, 0.15) is 12.6 Å². The first-order valence-corrected chi connectivity index (χ1v) is 15.2. The van der Waals surface area contributed by atoms with Gasteiger partial charge < -0.3 is 10.2 Å². The molecular formula is C30H35Cl2N3O4S. The summed E-state index contributed by atoms with van der Waals surface area (Å²) in [6.07, 6.45) is 0.293. The highest BCUT2D eigenvalue weighted by Crippen LogP contribution is 2.30. The number of hydrogen-bond donors (Lipinski definition) is 1. The highest BCUT2D eigenvalue weighted by molar-refractivity contribution is 7.92. The molecule has 0 saturated carbocycles. The van der Waals surface area contributed by atoms with Crippen molar-refractivity contribution in [3.63, 3.8) is 0 Å². The molecule has 0 aliphatic carbocycles. The summed E-state index contributed by atoms with van der Waals surface area (Å²) in [6.45, 7) is 8.55. The fourth-order valence-electron chi connectivity index (χ4n) is 4.47. The van der Waals surface area contributed by atoms with Gasteiger partial charge in [-0.05, 0) is 70.0 Å². The zero-order valence-corrected chi connectivity index (χ0v) is 25.6. The van der Waals surface area contributed by atoms with E-state index in [2.05, 4.69) is 5.32 Å². The van der Waals surface area contributed by atoms with Crippen LogP contribution in [0.2, 0.25) is 10.0 Å². The van der Waals surface area contributed by atoms with Crippen LogP contribution in [-0.4, -0.2) is 43.8 Å². The van der Waals surface area contributed by atoms with Gasteiger partial charge in [-0.2, -0.15) is 0 Å². The lowest BCUT2D eigenvalue weighted by Crippen LogP contribution is -2.53. The third-order valence-corrected chi connectivity index (χ3v) is 8.92. The Kier molecular flexibility index (Phi) is 10.6. The number of anilines is 1. The van der Waals surface area contributed by atoms with Gasteiger partial charge in [0.05, 0.1) is 10.6 Å². The molecule has 0 saturated heterocycles. The molecule has 0 aliphatic heterocycles. The lowest BCUT2D eigenvalue weighted by Gasteiger charge is -2.34. The van der Waals surface area contributed by atoms with Crippen LogP contribution in [0.3, 0.4) is 0 Å². The standard InChI is InChI=1S/C30H35Cl2N3O4S/c1-6-27(30(37)33-20(2)3)34(18-24-25(31)13-10-14-26(24)32)29(36)19-35(28-16-15-21(4)17-22(28)5)40(38,39)23-11-8-7-9-12-23/h7-17,20,27H,6,18-19H2,1-5H3,(H,33,37)/t27-/m1/s1. The van der Waals surface area contributed by atoms with Gasteiger partial charge in [-0.3, -0.25) is 13.9 Å². The molecule has 0 aromatic heterocycles. The van der Waals surface area contributed by atoms with Crippen LogP contribution >= 0.6 is 23.2 Å². The van der Waals surface area contributed by atoms with E-state index < -0.39 is 28.5 Å².